The van der Waals surface area contributed by atoms with Crippen LogP contribution in [0.1, 0.15) is 24.2 Å². The van der Waals surface area contributed by atoms with Crippen LogP contribution < -0.4 is 14.8 Å². The van der Waals surface area contributed by atoms with E-state index in [9.17, 15) is 13.2 Å². The summed E-state index contributed by atoms with van der Waals surface area (Å²) in [5.41, 5.74) is 1.10. The molecule has 128 valence electrons. The van der Waals surface area contributed by atoms with Gasteiger partial charge in [-0.05, 0) is 50.2 Å². The number of para-hydroxylation sites is 1. The van der Waals surface area contributed by atoms with E-state index in [1.165, 1.54) is 6.92 Å². The Bertz CT molecular complexity index is 802. The van der Waals surface area contributed by atoms with Gasteiger partial charge in [-0.25, -0.2) is 8.42 Å². The molecule has 0 fully saturated rings. The second-order valence-corrected chi connectivity index (χ2v) is 6.97. The van der Waals surface area contributed by atoms with E-state index in [4.69, 9.17) is 4.74 Å². The molecule has 0 radical (unpaired) electrons. The van der Waals surface area contributed by atoms with E-state index < -0.39 is 15.9 Å². The zero-order valence-electron chi connectivity index (χ0n) is 13.6. The lowest BCUT2D eigenvalue weighted by molar-refractivity contribution is 0.102. The largest absolute Gasteiger partial charge is 0.494 e. The number of carbonyl (C=O) groups is 1. The zero-order valence-corrected chi connectivity index (χ0v) is 14.4. The zero-order chi connectivity index (χ0) is 17.6. The Morgan fingerprint density at radius 2 is 1.71 bits per heavy atom. The van der Waals surface area contributed by atoms with Gasteiger partial charge >= 0.3 is 0 Å². The van der Waals surface area contributed by atoms with E-state index in [2.05, 4.69) is 10.0 Å². The van der Waals surface area contributed by atoms with Gasteiger partial charge in [0.1, 0.15) is 5.75 Å². The third kappa shape index (κ3) is 4.73. The molecule has 1 amide bonds. The molecule has 0 saturated heterocycles. The van der Waals surface area contributed by atoms with Gasteiger partial charge in [-0.3, -0.25) is 9.52 Å². The molecule has 0 aliphatic heterocycles. The van der Waals surface area contributed by atoms with Crippen LogP contribution in [0, 0.1) is 0 Å². The van der Waals surface area contributed by atoms with Crippen LogP contribution in [0.5, 0.6) is 5.75 Å². The molecule has 0 heterocycles. The number of nitrogens with one attached hydrogen (secondary N) is 2. The maximum Gasteiger partial charge on any atom is 0.257 e. The van der Waals surface area contributed by atoms with Crippen molar-refractivity contribution in [3.8, 4) is 5.75 Å². The van der Waals surface area contributed by atoms with Crippen molar-refractivity contribution in [3.63, 3.8) is 0 Å². The summed E-state index contributed by atoms with van der Waals surface area (Å²) in [6.45, 7) is 3.99. The van der Waals surface area contributed by atoms with Crippen LogP contribution in [0.2, 0.25) is 0 Å². The number of anilines is 2. The minimum atomic E-state index is -3.46. The molecule has 0 unspecified atom stereocenters. The maximum atomic E-state index is 12.4. The minimum Gasteiger partial charge on any atom is -0.494 e. The van der Waals surface area contributed by atoms with Gasteiger partial charge in [0.25, 0.3) is 5.91 Å². The Hall–Kier alpha value is -2.54. The molecule has 0 aliphatic rings. The molecule has 0 spiro atoms. The molecule has 6 nitrogen and oxygen atoms in total. The summed E-state index contributed by atoms with van der Waals surface area (Å²) >= 11 is 0. The Morgan fingerprint density at radius 3 is 2.33 bits per heavy atom. The van der Waals surface area contributed by atoms with Crippen molar-refractivity contribution in [3.05, 3.63) is 54.1 Å². The third-order valence-electron chi connectivity index (χ3n) is 3.24. The van der Waals surface area contributed by atoms with Crippen molar-refractivity contribution in [1.82, 2.24) is 0 Å². The van der Waals surface area contributed by atoms with Gasteiger partial charge in [-0.1, -0.05) is 12.1 Å². The van der Waals surface area contributed by atoms with E-state index in [1.54, 1.807) is 48.5 Å². The van der Waals surface area contributed by atoms with Crippen LogP contribution in [-0.2, 0) is 10.0 Å². The molecule has 0 saturated carbocycles. The Labute approximate surface area is 141 Å². The fourth-order valence-corrected chi connectivity index (χ4v) is 2.67. The SMILES string of the molecule is CCOc1ccc(NC(=O)c2ccccc2NS(=O)(=O)CC)cc1. The van der Waals surface area contributed by atoms with Crippen molar-refractivity contribution in [1.29, 1.82) is 0 Å². The molecule has 0 atom stereocenters. The molecule has 2 aromatic rings. The Morgan fingerprint density at radius 1 is 1.04 bits per heavy atom. The van der Waals surface area contributed by atoms with Gasteiger partial charge in [0.15, 0.2) is 0 Å². The van der Waals surface area contributed by atoms with E-state index in [-0.39, 0.29) is 17.0 Å². The Balaban J connectivity index is 2.18. The van der Waals surface area contributed by atoms with E-state index >= 15 is 0 Å². The van der Waals surface area contributed by atoms with Crippen molar-refractivity contribution < 1.29 is 17.9 Å². The number of benzene rings is 2. The van der Waals surface area contributed by atoms with Crippen LogP contribution in [0.25, 0.3) is 0 Å². The molecule has 2 N–H and O–H groups in total. The molecule has 0 aliphatic carbocycles. The normalized spacial score (nSPS) is 10.9. The van der Waals surface area contributed by atoms with Crippen LogP contribution in [0.15, 0.2) is 48.5 Å². The first-order valence-electron chi connectivity index (χ1n) is 7.59. The van der Waals surface area contributed by atoms with Crippen LogP contribution in [0.4, 0.5) is 11.4 Å². The molecular formula is C17H20N2O4S. The highest BCUT2D eigenvalue weighted by atomic mass is 32.2. The van der Waals surface area contributed by atoms with E-state index in [0.29, 0.717) is 18.0 Å². The maximum absolute atomic E-state index is 12.4. The van der Waals surface area contributed by atoms with Crippen LogP contribution in [0.3, 0.4) is 0 Å². The predicted molar refractivity (Wildman–Crippen MR) is 95.1 cm³/mol. The lowest BCUT2D eigenvalue weighted by atomic mass is 10.1. The van der Waals surface area contributed by atoms with Gasteiger partial charge < -0.3 is 10.1 Å². The minimum absolute atomic E-state index is 0.0676. The van der Waals surface area contributed by atoms with Gasteiger partial charge in [-0.15, -0.1) is 0 Å². The second-order valence-electron chi connectivity index (χ2n) is 4.96. The number of amides is 1. The average Bonchev–Trinajstić information content (AvgIpc) is 2.57. The topological polar surface area (TPSA) is 84.5 Å². The standard InChI is InChI=1S/C17H20N2O4S/c1-3-23-14-11-9-13(10-12-14)18-17(20)15-7-5-6-8-16(15)19-24(21,22)4-2/h5-12,19H,3-4H2,1-2H3,(H,18,20). The fourth-order valence-electron chi connectivity index (χ4n) is 2.01. The fraction of sp³-hybridized carbons (Fsp3) is 0.235. The van der Waals surface area contributed by atoms with Crippen LogP contribution in [-0.4, -0.2) is 26.7 Å². The number of hydrogen-bond donors (Lipinski definition) is 2. The summed E-state index contributed by atoms with van der Waals surface area (Å²) < 4.78 is 31.3. The molecule has 2 aromatic carbocycles. The molecular weight excluding hydrogens is 328 g/mol. The summed E-state index contributed by atoms with van der Waals surface area (Å²) in [6.07, 6.45) is 0. The summed E-state index contributed by atoms with van der Waals surface area (Å²) in [7, 11) is -3.46. The highest BCUT2D eigenvalue weighted by molar-refractivity contribution is 7.92. The quantitative estimate of drug-likeness (QED) is 0.805. The van der Waals surface area contributed by atoms with Gasteiger partial charge in [0, 0.05) is 5.69 Å². The first-order valence-corrected chi connectivity index (χ1v) is 9.24. The summed E-state index contributed by atoms with van der Waals surface area (Å²) in [4.78, 5) is 12.4. The average molecular weight is 348 g/mol. The van der Waals surface area contributed by atoms with Crippen molar-refractivity contribution in [2.24, 2.45) is 0 Å². The van der Waals surface area contributed by atoms with Gasteiger partial charge in [0.2, 0.25) is 10.0 Å². The molecule has 24 heavy (non-hydrogen) atoms. The van der Waals surface area contributed by atoms with Crippen molar-refractivity contribution in [2.75, 3.05) is 22.4 Å². The predicted octanol–water partition coefficient (Wildman–Crippen LogP) is 3.10. The lowest BCUT2D eigenvalue weighted by Gasteiger charge is -2.12. The molecule has 7 heteroatoms. The number of hydrogen-bond acceptors (Lipinski definition) is 4. The third-order valence-corrected chi connectivity index (χ3v) is 4.53. The number of rotatable bonds is 7. The van der Waals surface area contributed by atoms with E-state index in [0.717, 1.165) is 0 Å². The molecule has 0 aromatic heterocycles. The molecule has 2 rings (SSSR count). The van der Waals surface area contributed by atoms with Gasteiger partial charge in [0.05, 0.1) is 23.6 Å². The van der Waals surface area contributed by atoms with Crippen molar-refractivity contribution in [2.45, 2.75) is 13.8 Å². The lowest BCUT2D eigenvalue weighted by Crippen LogP contribution is -2.19. The van der Waals surface area contributed by atoms with Crippen molar-refractivity contribution >= 4 is 27.3 Å². The highest BCUT2D eigenvalue weighted by Gasteiger charge is 2.15. The van der Waals surface area contributed by atoms with Crippen LogP contribution >= 0.6 is 0 Å². The number of sulfonamides is 1. The summed E-state index contributed by atoms with van der Waals surface area (Å²) in [6, 6.07) is 13.4. The first-order chi connectivity index (χ1) is 11.4. The smallest absolute Gasteiger partial charge is 0.257 e. The molecule has 0 bridgehead atoms. The Kier molecular flexibility index (Phi) is 5.81. The number of ether oxygens (including phenoxy) is 1. The summed E-state index contributed by atoms with van der Waals surface area (Å²) in [5, 5.41) is 2.74. The van der Waals surface area contributed by atoms with E-state index in [1.807, 2.05) is 6.92 Å². The highest BCUT2D eigenvalue weighted by Crippen LogP contribution is 2.20. The monoisotopic (exact) mass is 348 g/mol. The second kappa shape index (κ2) is 7.83. The van der Waals surface area contributed by atoms with Gasteiger partial charge in [-0.2, -0.15) is 0 Å². The summed E-state index contributed by atoms with van der Waals surface area (Å²) in [5.74, 6) is 0.252. The number of carbonyl (C=O) groups excluding carboxylic acids is 1. The first kappa shape index (κ1) is 17.8.